The minimum atomic E-state index is -0.138. The standard InChI is InChI=1S/C47H40N2/c1-45(2,3)25-15-17-39-33(19-25)27-11-9-13-29-35-21-31-32-22-36-30-14-10-12-28-34-20-26(46(4,5)6)16-18-40(34)49(44(28)30)42(36)24-38(32)47(7,8)37(31)23-41(35)48(39)43(27)29/h9-24H,1-8H3. The van der Waals surface area contributed by atoms with Gasteiger partial charge in [-0.15, -0.1) is 0 Å². The van der Waals surface area contributed by atoms with E-state index < -0.39 is 0 Å². The van der Waals surface area contributed by atoms with Gasteiger partial charge in [0.25, 0.3) is 0 Å². The van der Waals surface area contributed by atoms with Crippen molar-refractivity contribution in [2.75, 3.05) is 0 Å². The highest BCUT2D eigenvalue weighted by Crippen LogP contribution is 2.54. The highest BCUT2D eigenvalue weighted by Gasteiger charge is 2.38. The summed E-state index contributed by atoms with van der Waals surface area (Å²) in [5.41, 5.74) is 16.4. The minimum Gasteiger partial charge on any atom is -0.308 e. The van der Waals surface area contributed by atoms with E-state index in [-0.39, 0.29) is 16.2 Å². The molecule has 6 aromatic carbocycles. The lowest BCUT2D eigenvalue weighted by atomic mass is 9.82. The topological polar surface area (TPSA) is 8.82 Å². The molecule has 11 rings (SSSR count). The van der Waals surface area contributed by atoms with Crippen molar-refractivity contribution in [3.05, 3.63) is 119 Å². The molecule has 0 fully saturated rings. The molecule has 1 aliphatic rings. The predicted molar refractivity (Wildman–Crippen MR) is 211 cm³/mol. The average Bonchev–Trinajstić information content (AvgIpc) is 3.82. The van der Waals surface area contributed by atoms with Crippen LogP contribution < -0.4 is 0 Å². The lowest BCUT2D eigenvalue weighted by Crippen LogP contribution is -2.15. The Hall–Kier alpha value is -5.08. The van der Waals surface area contributed by atoms with E-state index in [0.29, 0.717) is 0 Å². The number of rotatable bonds is 0. The molecule has 49 heavy (non-hydrogen) atoms. The Kier molecular flexibility index (Phi) is 4.75. The van der Waals surface area contributed by atoms with Crippen LogP contribution in [0.15, 0.2) is 97.1 Å². The van der Waals surface area contributed by atoms with Crippen molar-refractivity contribution >= 4 is 76.2 Å². The molecule has 4 aromatic heterocycles. The number of nitrogens with zero attached hydrogens (tertiary/aromatic N) is 2. The first-order valence-corrected chi connectivity index (χ1v) is 17.9. The van der Waals surface area contributed by atoms with E-state index in [0.717, 1.165) is 0 Å². The van der Waals surface area contributed by atoms with Crippen LogP contribution in [0.1, 0.15) is 77.6 Å². The summed E-state index contributed by atoms with van der Waals surface area (Å²) in [6, 6.07) is 38.1. The zero-order valence-corrected chi connectivity index (χ0v) is 29.6. The molecule has 1 aliphatic carbocycles. The van der Waals surface area contributed by atoms with Gasteiger partial charge in [-0.25, -0.2) is 0 Å². The van der Waals surface area contributed by atoms with E-state index in [4.69, 9.17) is 0 Å². The molecule has 0 unspecified atom stereocenters. The number of para-hydroxylation sites is 2. The van der Waals surface area contributed by atoms with Crippen LogP contribution in [0.3, 0.4) is 0 Å². The molecule has 0 aliphatic heterocycles. The van der Waals surface area contributed by atoms with E-state index in [1.807, 2.05) is 0 Å². The fraction of sp³-hybridized carbons (Fsp3) is 0.234. The number of hydrogen-bond acceptors (Lipinski definition) is 0. The van der Waals surface area contributed by atoms with Gasteiger partial charge >= 0.3 is 0 Å². The second-order valence-corrected chi connectivity index (χ2v) is 17.5. The summed E-state index contributed by atoms with van der Waals surface area (Å²) in [7, 11) is 0. The predicted octanol–water partition coefficient (Wildman–Crippen LogP) is 12.9. The quantitative estimate of drug-likeness (QED) is 0.157. The van der Waals surface area contributed by atoms with E-state index in [1.54, 1.807) is 0 Å². The number of aromatic nitrogens is 2. The van der Waals surface area contributed by atoms with Crippen LogP contribution in [0.25, 0.3) is 87.3 Å². The van der Waals surface area contributed by atoms with Crippen molar-refractivity contribution in [1.29, 1.82) is 0 Å². The van der Waals surface area contributed by atoms with E-state index in [2.05, 4.69) is 161 Å². The average molecular weight is 633 g/mol. The third-order valence-electron chi connectivity index (χ3n) is 12.3. The Morgan fingerprint density at radius 3 is 1.14 bits per heavy atom. The minimum absolute atomic E-state index is 0.105. The summed E-state index contributed by atoms with van der Waals surface area (Å²) in [4.78, 5) is 0. The van der Waals surface area contributed by atoms with E-state index in [9.17, 15) is 0 Å². The van der Waals surface area contributed by atoms with Gasteiger partial charge in [-0.3, -0.25) is 0 Å². The van der Waals surface area contributed by atoms with Crippen LogP contribution in [0.4, 0.5) is 0 Å². The van der Waals surface area contributed by atoms with Crippen LogP contribution in [0, 0.1) is 0 Å². The van der Waals surface area contributed by atoms with Crippen LogP contribution in [0.5, 0.6) is 0 Å². The fourth-order valence-corrected chi connectivity index (χ4v) is 9.61. The highest BCUT2D eigenvalue weighted by molar-refractivity contribution is 6.26. The first-order valence-electron chi connectivity index (χ1n) is 17.9. The van der Waals surface area contributed by atoms with Gasteiger partial charge < -0.3 is 8.80 Å². The van der Waals surface area contributed by atoms with Gasteiger partial charge in [0.1, 0.15) is 0 Å². The molecule has 0 N–H and O–H groups in total. The van der Waals surface area contributed by atoms with Crippen molar-refractivity contribution < 1.29 is 0 Å². The Morgan fingerprint density at radius 1 is 0.408 bits per heavy atom. The third-order valence-corrected chi connectivity index (χ3v) is 12.3. The van der Waals surface area contributed by atoms with E-state index in [1.165, 1.54) is 110 Å². The zero-order valence-electron chi connectivity index (χ0n) is 29.6. The molecule has 238 valence electrons. The first-order chi connectivity index (χ1) is 23.3. The van der Waals surface area contributed by atoms with Crippen LogP contribution in [-0.2, 0) is 16.2 Å². The van der Waals surface area contributed by atoms with Crippen molar-refractivity contribution in [3.63, 3.8) is 0 Å². The lowest BCUT2D eigenvalue weighted by Gasteiger charge is -2.22. The molecule has 0 saturated heterocycles. The Balaban J connectivity index is 1.21. The maximum absolute atomic E-state index is 2.55. The molecule has 2 heteroatoms. The normalized spacial score (nSPS) is 15.1. The fourth-order valence-electron chi connectivity index (χ4n) is 9.61. The number of fused-ring (bicyclic) bond motifs is 15. The molecule has 0 atom stereocenters. The second kappa shape index (κ2) is 8.37. The van der Waals surface area contributed by atoms with Crippen LogP contribution in [-0.4, -0.2) is 8.80 Å². The van der Waals surface area contributed by atoms with Gasteiger partial charge in [0.2, 0.25) is 0 Å². The summed E-state index contributed by atoms with van der Waals surface area (Å²) < 4.78 is 5.10. The Labute approximate surface area is 286 Å². The van der Waals surface area contributed by atoms with Gasteiger partial charge in [-0.05, 0) is 92.7 Å². The van der Waals surface area contributed by atoms with Gasteiger partial charge in [0.15, 0.2) is 0 Å². The SMILES string of the molecule is CC(C)(C)c1ccc2c(c1)c1cccc3c4cc5c(cc4n2c13)C(C)(C)c1cc2c(cc1-5)c1cccc3c4cc(C(C)(C)C)ccc4n2c31. The second-order valence-electron chi connectivity index (χ2n) is 17.5. The monoisotopic (exact) mass is 632 g/mol. The molecule has 0 bridgehead atoms. The molecule has 0 amide bonds. The molecule has 10 aromatic rings. The third kappa shape index (κ3) is 3.24. The first kappa shape index (κ1) is 27.8. The van der Waals surface area contributed by atoms with Crippen molar-refractivity contribution in [2.24, 2.45) is 0 Å². The van der Waals surface area contributed by atoms with Crippen molar-refractivity contribution in [1.82, 2.24) is 8.80 Å². The summed E-state index contributed by atoms with van der Waals surface area (Å²) in [6.45, 7) is 18.7. The van der Waals surface area contributed by atoms with Gasteiger partial charge in [0, 0.05) is 48.5 Å². The highest BCUT2D eigenvalue weighted by atomic mass is 14.9. The molecule has 2 nitrogen and oxygen atoms in total. The summed E-state index contributed by atoms with van der Waals surface area (Å²) >= 11 is 0. The molecular formula is C47H40N2. The molecular weight excluding hydrogens is 593 g/mol. The largest absolute Gasteiger partial charge is 0.308 e. The number of hydrogen-bond donors (Lipinski definition) is 0. The molecule has 0 saturated carbocycles. The van der Waals surface area contributed by atoms with E-state index >= 15 is 0 Å². The van der Waals surface area contributed by atoms with Gasteiger partial charge in [-0.1, -0.05) is 104 Å². The molecule has 0 spiro atoms. The smallest absolute Gasteiger partial charge is 0.0620 e. The summed E-state index contributed by atoms with van der Waals surface area (Å²) in [5, 5.41) is 10.8. The lowest BCUT2D eigenvalue weighted by molar-refractivity contribution is 0.591. The zero-order chi connectivity index (χ0) is 33.5. The van der Waals surface area contributed by atoms with Crippen LogP contribution >= 0.6 is 0 Å². The maximum atomic E-state index is 2.55. The van der Waals surface area contributed by atoms with Gasteiger partial charge in [-0.2, -0.15) is 0 Å². The molecule has 0 radical (unpaired) electrons. The number of benzene rings is 6. The molecule has 4 heterocycles. The van der Waals surface area contributed by atoms with Crippen molar-refractivity contribution in [2.45, 2.75) is 71.6 Å². The summed E-state index contributed by atoms with van der Waals surface area (Å²) in [5.74, 6) is 0. The van der Waals surface area contributed by atoms with Crippen LogP contribution in [0.2, 0.25) is 0 Å². The Morgan fingerprint density at radius 2 is 0.776 bits per heavy atom. The Bertz CT molecular complexity index is 2860. The van der Waals surface area contributed by atoms with Gasteiger partial charge in [0.05, 0.1) is 33.1 Å². The maximum Gasteiger partial charge on any atom is 0.0620 e. The van der Waals surface area contributed by atoms with Crippen molar-refractivity contribution in [3.8, 4) is 11.1 Å². The summed E-state index contributed by atoms with van der Waals surface area (Å²) in [6.07, 6.45) is 0.